The van der Waals surface area contributed by atoms with Gasteiger partial charge in [-0.2, -0.15) is 0 Å². The Labute approximate surface area is 156 Å². The molecule has 1 aliphatic carbocycles. The molecule has 1 heterocycles. The van der Waals surface area contributed by atoms with Crippen molar-refractivity contribution in [3.63, 3.8) is 0 Å². The zero-order valence-corrected chi connectivity index (χ0v) is 15.5. The number of amides is 1. The van der Waals surface area contributed by atoms with Crippen LogP contribution in [0.15, 0.2) is 35.4 Å². The third-order valence-electron chi connectivity index (χ3n) is 4.76. The summed E-state index contributed by atoms with van der Waals surface area (Å²) >= 11 is 0. The highest BCUT2D eigenvalue weighted by Gasteiger charge is 2.43. The van der Waals surface area contributed by atoms with Crippen LogP contribution in [0, 0.1) is 5.82 Å². The summed E-state index contributed by atoms with van der Waals surface area (Å²) in [6, 6.07) is 5.14. The van der Waals surface area contributed by atoms with E-state index in [4.69, 9.17) is 5.14 Å². The van der Waals surface area contributed by atoms with Crippen LogP contribution in [0.5, 0.6) is 0 Å². The average Bonchev–Trinajstić information content (AvgIpc) is 3.11. The van der Waals surface area contributed by atoms with Gasteiger partial charge < -0.3 is 10.6 Å². The fraction of sp³-hybridized carbons (Fsp3) is 0.353. The zero-order valence-electron chi connectivity index (χ0n) is 14.7. The van der Waals surface area contributed by atoms with Gasteiger partial charge in [-0.1, -0.05) is 12.8 Å². The summed E-state index contributed by atoms with van der Waals surface area (Å²) in [7, 11) is -2.54. The molecule has 0 unspecified atom stereocenters. The summed E-state index contributed by atoms with van der Waals surface area (Å²) in [6.07, 6.45) is 4.78. The van der Waals surface area contributed by atoms with Crippen LogP contribution in [-0.2, 0) is 20.2 Å². The number of aromatic nitrogens is 2. The van der Waals surface area contributed by atoms with Crippen LogP contribution in [0.3, 0.4) is 0 Å². The first-order chi connectivity index (χ1) is 12.8. The Hall–Kier alpha value is -2.59. The topological polar surface area (TPSA) is 127 Å². The van der Waals surface area contributed by atoms with E-state index in [1.54, 1.807) is 13.1 Å². The minimum absolute atomic E-state index is 0.0896. The number of likely N-dealkylation sites (N-methyl/N-ethyl adjacent to an activating group) is 1. The average molecular weight is 393 g/mol. The molecule has 4 N–H and O–H groups in total. The van der Waals surface area contributed by atoms with Crippen LogP contribution in [0.1, 0.15) is 31.4 Å². The number of carbonyl (C=O) groups is 1. The summed E-state index contributed by atoms with van der Waals surface area (Å²) in [5, 5.41) is 10.5. The van der Waals surface area contributed by atoms with Gasteiger partial charge in [0.15, 0.2) is 0 Å². The summed E-state index contributed by atoms with van der Waals surface area (Å²) in [5.41, 5.74) is 0.160. The standard InChI is InChI=1S/C17H20FN5O3S/c1-20-15(24)17(7-2-3-8-17)14-6-9-21-16(23-14)22-11-4-5-13(12(18)10-11)27(19,25)26/h4-6,9-10H,2-3,7-8H2,1H3,(H,20,24)(H2,19,25,26)(H,21,22,23). The summed E-state index contributed by atoms with van der Waals surface area (Å²) in [5.74, 6) is -0.880. The van der Waals surface area contributed by atoms with Crippen LogP contribution in [0.25, 0.3) is 0 Å². The molecule has 1 aromatic carbocycles. The van der Waals surface area contributed by atoms with Gasteiger partial charge in [-0.3, -0.25) is 4.79 Å². The van der Waals surface area contributed by atoms with Crippen molar-refractivity contribution in [2.45, 2.75) is 36.0 Å². The number of sulfonamides is 1. The molecule has 144 valence electrons. The van der Waals surface area contributed by atoms with E-state index in [2.05, 4.69) is 20.6 Å². The summed E-state index contributed by atoms with van der Waals surface area (Å²) < 4.78 is 36.6. The van der Waals surface area contributed by atoms with Crippen molar-refractivity contribution in [2.24, 2.45) is 5.14 Å². The number of rotatable bonds is 5. The Morgan fingerprint density at radius 2 is 1.96 bits per heavy atom. The Bertz CT molecular complexity index is 974. The van der Waals surface area contributed by atoms with Crippen molar-refractivity contribution >= 4 is 27.6 Å². The second-order valence-corrected chi connectivity index (χ2v) is 7.98. The van der Waals surface area contributed by atoms with E-state index in [9.17, 15) is 17.6 Å². The number of anilines is 2. The lowest BCUT2D eigenvalue weighted by Crippen LogP contribution is -2.41. The van der Waals surface area contributed by atoms with Crippen LogP contribution < -0.4 is 15.8 Å². The number of benzene rings is 1. The smallest absolute Gasteiger partial charge is 0.240 e. The van der Waals surface area contributed by atoms with Gasteiger partial charge in [-0.15, -0.1) is 0 Å². The number of nitrogens with zero attached hydrogens (tertiary/aromatic N) is 2. The molecule has 1 aliphatic rings. The molecule has 1 amide bonds. The lowest BCUT2D eigenvalue weighted by Gasteiger charge is -2.26. The number of carbonyl (C=O) groups excluding carboxylic acids is 1. The normalized spacial score (nSPS) is 16.1. The molecule has 0 aliphatic heterocycles. The van der Waals surface area contributed by atoms with Gasteiger partial charge in [0.25, 0.3) is 0 Å². The monoisotopic (exact) mass is 393 g/mol. The second kappa shape index (κ2) is 7.20. The number of hydrogen-bond donors (Lipinski definition) is 3. The molecule has 1 saturated carbocycles. The fourth-order valence-corrected chi connectivity index (χ4v) is 4.03. The molecule has 0 saturated heterocycles. The number of hydrogen-bond acceptors (Lipinski definition) is 6. The number of nitrogens with two attached hydrogens (primary N) is 1. The molecular formula is C17H20FN5O3S. The first-order valence-corrected chi connectivity index (χ1v) is 9.96. The highest BCUT2D eigenvalue weighted by atomic mass is 32.2. The molecule has 1 aromatic heterocycles. The first kappa shape index (κ1) is 19.2. The third-order valence-corrected chi connectivity index (χ3v) is 5.70. The maximum atomic E-state index is 14.0. The Morgan fingerprint density at radius 3 is 2.56 bits per heavy atom. The van der Waals surface area contributed by atoms with Crippen LogP contribution >= 0.6 is 0 Å². The molecular weight excluding hydrogens is 373 g/mol. The van der Waals surface area contributed by atoms with Gasteiger partial charge in [0.2, 0.25) is 21.9 Å². The van der Waals surface area contributed by atoms with Gasteiger partial charge in [-0.05, 0) is 37.1 Å². The molecule has 10 heteroatoms. The molecule has 0 radical (unpaired) electrons. The van der Waals surface area contributed by atoms with Crippen molar-refractivity contribution in [3.05, 3.63) is 42.0 Å². The molecule has 1 fully saturated rings. The summed E-state index contributed by atoms with van der Waals surface area (Å²) in [6.45, 7) is 0. The Kier molecular flexibility index (Phi) is 5.11. The molecule has 0 atom stereocenters. The van der Waals surface area contributed by atoms with Crippen molar-refractivity contribution in [3.8, 4) is 0 Å². The number of nitrogens with one attached hydrogen (secondary N) is 2. The van der Waals surface area contributed by atoms with E-state index in [0.29, 0.717) is 18.5 Å². The van der Waals surface area contributed by atoms with E-state index in [0.717, 1.165) is 25.0 Å². The molecule has 0 spiro atoms. The molecule has 0 bridgehead atoms. The largest absolute Gasteiger partial charge is 0.358 e. The van der Waals surface area contributed by atoms with Gasteiger partial charge in [-0.25, -0.2) is 27.9 Å². The maximum absolute atomic E-state index is 14.0. The summed E-state index contributed by atoms with van der Waals surface area (Å²) in [4.78, 5) is 20.4. The van der Waals surface area contributed by atoms with E-state index in [1.807, 2.05) is 0 Å². The zero-order chi connectivity index (χ0) is 19.7. The van der Waals surface area contributed by atoms with Gasteiger partial charge in [0.05, 0.1) is 11.1 Å². The first-order valence-electron chi connectivity index (χ1n) is 8.41. The quantitative estimate of drug-likeness (QED) is 0.707. The Morgan fingerprint density at radius 1 is 1.26 bits per heavy atom. The minimum Gasteiger partial charge on any atom is -0.358 e. The van der Waals surface area contributed by atoms with Crippen molar-refractivity contribution in [2.75, 3.05) is 12.4 Å². The number of primary sulfonamides is 1. The van der Waals surface area contributed by atoms with Crippen LogP contribution in [0.4, 0.5) is 16.0 Å². The van der Waals surface area contributed by atoms with Gasteiger partial charge >= 0.3 is 0 Å². The molecule has 27 heavy (non-hydrogen) atoms. The minimum atomic E-state index is -4.14. The van der Waals surface area contributed by atoms with Gasteiger partial charge in [0.1, 0.15) is 10.7 Å². The van der Waals surface area contributed by atoms with Crippen molar-refractivity contribution < 1.29 is 17.6 Å². The maximum Gasteiger partial charge on any atom is 0.240 e. The van der Waals surface area contributed by atoms with Crippen LogP contribution in [0.2, 0.25) is 0 Å². The molecule has 2 aromatic rings. The lowest BCUT2D eigenvalue weighted by atomic mass is 9.81. The predicted octanol–water partition coefficient (Wildman–Crippen LogP) is 1.56. The van der Waals surface area contributed by atoms with E-state index >= 15 is 0 Å². The SMILES string of the molecule is CNC(=O)C1(c2ccnc(Nc3ccc(S(N)(=O)=O)c(F)c3)n2)CCCC1. The van der Waals surface area contributed by atoms with Gasteiger partial charge in [0, 0.05) is 18.9 Å². The second-order valence-electron chi connectivity index (χ2n) is 6.45. The Balaban J connectivity index is 1.91. The lowest BCUT2D eigenvalue weighted by molar-refractivity contribution is -0.126. The number of halogens is 1. The van der Waals surface area contributed by atoms with E-state index < -0.39 is 26.2 Å². The van der Waals surface area contributed by atoms with Crippen LogP contribution in [-0.4, -0.2) is 31.3 Å². The van der Waals surface area contributed by atoms with E-state index in [-0.39, 0.29) is 17.5 Å². The van der Waals surface area contributed by atoms with Crippen molar-refractivity contribution in [1.29, 1.82) is 0 Å². The molecule has 8 nitrogen and oxygen atoms in total. The van der Waals surface area contributed by atoms with E-state index in [1.165, 1.54) is 12.3 Å². The fourth-order valence-electron chi connectivity index (χ4n) is 3.44. The van der Waals surface area contributed by atoms with Crippen molar-refractivity contribution in [1.82, 2.24) is 15.3 Å². The highest BCUT2D eigenvalue weighted by molar-refractivity contribution is 7.89. The molecule has 3 rings (SSSR count). The predicted molar refractivity (Wildman–Crippen MR) is 97.3 cm³/mol. The highest BCUT2D eigenvalue weighted by Crippen LogP contribution is 2.40. The third kappa shape index (κ3) is 3.76.